The molecule has 2 unspecified atom stereocenters. The van der Waals surface area contributed by atoms with Gasteiger partial charge in [-0.15, -0.1) is 12.3 Å². The van der Waals surface area contributed by atoms with Gasteiger partial charge in [0.15, 0.2) is 0 Å². The predicted octanol–water partition coefficient (Wildman–Crippen LogP) is 0.949. The molecule has 1 aliphatic rings. The lowest BCUT2D eigenvalue weighted by Crippen LogP contribution is -2.26. The maximum atomic E-state index is 11.0. The molecule has 4 heteroatoms. The maximum Gasteiger partial charge on any atom is 0.201 e. The summed E-state index contributed by atoms with van der Waals surface area (Å²) in [6.07, 6.45) is 5.22. The quantitative estimate of drug-likeness (QED) is 0.421. The molecule has 0 aliphatic carbocycles. The van der Waals surface area contributed by atoms with Crippen molar-refractivity contribution in [3.63, 3.8) is 0 Å². The van der Waals surface area contributed by atoms with Gasteiger partial charge < -0.3 is 0 Å². The fourth-order valence-electron chi connectivity index (χ4n) is 1.04. The maximum absolute atomic E-state index is 11.0. The van der Waals surface area contributed by atoms with Crippen LogP contribution in [0.25, 0.3) is 0 Å². The monoisotopic (exact) mass is 190 g/mol. The number of hydrogen-bond donors (Lipinski definition) is 0. The molecule has 0 radical (unpaired) electrons. The first-order valence-electron chi connectivity index (χ1n) is 3.38. The molecule has 1 aliphatic heterocycles. The second kappa shape index (κ2) is 3.08. The van der Waals surface area contributed by atoms with E-state index in [0.29, 0.717) is 5.75 Å². The molecule has 1 fully saturated rings. The minimum Gasteiger partial charge on any atom is -0.217 e. The van der Waals surface area contributed by atoms with E-state index >= 15 is 0 Å². The van der Waals surface area contributed by atoms with Crippen molar-refractivity contribution in [2.45, 2.75) is 6.92 Å². The fourth-order valence-corrected chi connectivity index (χ4v) is 4.79. The largest absolute Gasteiger partial charge is 0.217 e. The van der Waals surface area contributed by atoms with Gasteiger partial charge in [0.2, 0.25) is 8.87 Å². The van der Waals surface area contributed by atoms with E-state index in [1.165, 1.54) is 0 Å². The van der Waals surface area contributed by atoms with Crippen LogP contribution in [0.3, 0.4) is 0 Å². The number of rotatable bonds is 0. The predicted molar refractivity (Wildman–Crippen MR) is 47.7 cm³/mol. The number of hydrogen-bond acceptors (Lipinski definition) is 3. The highest BCUT2D eigenvalue weighted by Crippen LogP contribution is 2.30. The summed E-state index contributed by atoms with van der Waals surface area (Å²) in [5.74, 6) is 3.64. The zero-order chi connectivity index (χ0) is 8.48. The molecule has 0 saturated carbocycles. The highest BCUT2D eigenvalue weighted by Gasteiger charge is 2.29. The molecule has 0 spiro atoms. The summed E-state index contributed by atoms with van der Waals surface area (Å²) in [4.78, 5) is 0. The molecule has 2 nitrogen and oxygen atoms in total. The smallest absolute Gasteiger partial charge is 0.201 e. The van der Waals surface area contributed by atoms with Gasteiger partial charge in [0.05, 0.1) is 5.75 Å². The van der Waals surface area contributed by atoms with Crippen molar-refractivity contribution in [3.05, 3.63) is 0 Å². The zero-order valence-corrected chi connectivity index (χ0v) is 7.91. The van der Waals surface area contributed by atoms with Crippen molar-refractivity contribution in [2.75, 3.05) is 11.5 Å². The van der Waals surface area contributed by atoms with Crippen LogP contribution in [-0.4, -0.2) is 19.9 Å². The Morgan fingerprint density at radius 1 is 1.64 bits per heavy atom. The van der Waals surface area contributed by atoms with E-state index in [1.807, 2.05) is 6.92 Å². The molecule has 1 saturated heterocycles. The molecule has 1 heterocycles. The molecule has 2 atom stereocenters. The minimum atomic E-state index is -2.85. The summed E-state index contributed by atoms with van der Waals surface area (Å²) in [6.45, 7) is 1.89. The summed E-state index contributed by atoms with van der Waals surface area (Å²) in [5, 5.41) is 0. The Hall–Kier alpha value is -0.140. The van der Waals surface area contributed by atoms with Crippen LogP contribution in [0.15, 0.2) is 0 Å². The summed E-state index contributed by atoms with van der Waals surface area (Å²) in [7, 11) is -1.87. The molecule has 0 aromatic heterocycles. The Bertz CT molecular complexity index is 273. The van der Waals surface area contributed by atoms with Gasteiger partial charge in [0.1, 0.15) is 0 Å². The molecule has 1 rings (SSSR count). The molecule has 0 aromatic carbocycles. The van der Waals surface area contributed by atoms with Crippen molar-refractivity contribution >= 4 is 19.7 Å². The van der Waals surface area contributed by atoms with E-state index < -0.39 is 8.87 Å². The van der Waals surface area contributed by atoms with Gasteiger partial charge in [0.25, 0.3) is 0 Å². The second-order valence-corrected chi connectivity index (χ2v) is 7.01. The van der Waals surface area contributed by atoms with Crippen LogP contribution >= 0.6 is 10.8 Å². The summed E-state index contributed by atoms with van der Waals surface area (Å²) in [5.41, 5.74) is 0. The van der Waals surface area contributed by atoms with Crippen LogP contribution in [0.5, 0.6) is 0 Å². The SMILES string of the molecule is C#CC1CSS(=O)(=O)CC1C. The first-order valence-corrected chi connectivity index (χ1v) is 6.54. The zero-order valence-electron chi connectivity index (χ0n) is 6.28. The van der Waals surface area contributed by atoms with Crippen molar-refractivity contribution in [1.82, 2.24) is 0 Å². The molecular weight excluding hydrogens is 180 g/mol. The van der Waals surface area contributed by atoms with Gasteiger partial charge in [-0.05, 0) is 16.7 Å². The average Bonchev–Trinajstić information content (AvgIpc) is 1.86. The molecule has 0 aromatic rings. The van der Waals surface area contributed by atoms with E-state index in [0.717, 1.165) is 10.8 Å². The normalized spacial score (nSPS) is 36.0. The Morgan fingerprint density at radius 2 is 2.27 bits per heavy atom. The second-order valence-electron chi connectivity index (χ2n) is 2.76. The highest BCUT2D eigenvalue weighted by atomic mass is 33.1. The standard InChI is InChI=1S/C7H10O2S2/c1-3-7-4-10-11(8,9)5-6(7)2/h1,6-7H,4-5H2,2H3. The van der Waals surface area contributed by atoms with Crippen LogP contribution in [0.2, 0.25) is 0 Å². The Labute approximate surface area is 71.1 Å². The average molecular weight is 190 g/mol. The van der Waals surface area contributed by atoms with Crippen LogP contribution in [0, 0.1) is 24.2 Å². The van der Waals surface area contributed by atoms with E-state index in [4.69, 9.17) is 6.42 Å². The Morgan fingerprint density at radius 3 is 2.73 bits per heavy atom. The highest BCUT2D eigenvalue weighted by molar-refractivity contribution is 8.72. The molecule has 0 bridgehead atoms. The lowest BCUT2D eigenvalue weighted by atomic mass is 9.99. The van der Waals surface area contributed by atoms with Crippen LogP contribution < -0.4 is 0 Å². The third kappa shape index (κ3) is 2.14. The molecule has 11 heavy (non-hydrogen) atoms. The third-order valence-electron chi connectivity index (χ3n) is 1.80. The Kier molecular flexibility index (Phi) is 2.50. The van der Waals surface area contributed by atoms with Crippen LogP contribution in [0.1, 0.15) is 6.92 Å². The summed E-state index contributed by atoms with van der Waals surface area (Å²) < 4.78 is 22.0. The van der Waals surface area contributed by atoms with E-state index in [1.54, 1.807) is 0 Å². The minimum absolute atomic E-state index is 0.117. The molecule has 0 N–H and O–H groups in total. The van der Waals surface area contributed by atoms with Crippen molar-refractivity contribution in [2.24, 2.45) is 11.8 Å². The van der Waals surface area contributed by atoms with Crippen LogP contribution in [0.4, 0.5) is 0 Å². The van der Waals surface area contributed by atoms with Gasteiger partial charge in [-0.1, -0.05) is 6.92 Å². The van der Waals surface area contributed by atoms with Crippen LogP contribution in [-0.2, 0) is 8.87 Å². The van der Waals surface area contributed by atoms with Gasteiger partial charge >= 0.3 is 0 Å². The third-order valence-corrected chi connectivity index (χ3v) is 5.48. The van der Waals surface area contributed by atoms with E-state index in [2.05, 4.69) is 5.92 Å². The molecule has 62 valence electrons. The first-order chi connectivity index (χ1) is 5.05. The summed E-state index contributed by atoms with van der Waals surface area (Å²) >= 11 is 0. The van der Waals surface area contributed by atoms with Crippen molar-refractivity contribution < 1.29 is 8.42 Å². The lowest BCUT2D eigenvalue weighted by molar-refractivity contribution is 0.511. The number of terminal acetylenes is 1. The lowest BCUT2D eigenvalue weighted by Gasteiger charge is -2.23. The molecular formula is C7H10O2S2. The molecule has 0 amide bonds. The van der Waals surface area contributed by atoms with Gasteiger partial charge in [-0.2, -0.15) is 0 Å². The van der Waals surface area contributed by atoms with Gasteiger partial charge in [-0.3, -0.25) is 0 Å². The van der Waals surface area contributed by atoms with Gasteiger partial charge in [-0.25, -0.2) is 8.42 Å². The van der Waals surface area contributed by atoms with Crippen molar-refractivity contribution in [3.8, 4) is 12.3 Å². The van der Waals surface area contributed by atoms with Crippen molar-refractivity contribution in [1.29, 1.82) is 0 Å². The Balaban J connectivity index is 2.71. The van der Waals surface area contributed by atoms with Gasteiger partial charge in [0, 0.05) is 11.7 Å². The first kappa shape index (κ1) is 8.95. The van der Waals surface area contributed by atoms with E-state index in [9.17, 15) is 8.42 Å². The topological polar surface area (TPSA) is 34.1 Å². The summed E-state index contributed by atoms with van der Waals surface area (Å²) in [6, 6.07) is 0. The van der Waals surface area contributed by atoms with E-state index in [-0.39, 0.29) is 17.6 Å². The fraction of sp³-hybridized carbons (Fsp3) is 0.714.